The molecule has 3 fully saturated rings. The Kier molecular flexibility index (Phi) is 7.93. The summed E-state index contributed by atoms with van der Waals surface area (Å²) in [6, 6.07) is 10.6. The van der Waals surface area contributed by atoms with Crippen LogP contribution in [0.25, 0.3) is 0 Å². The number of nitrogens with one attached hydrogen (secondary N) is 1. The molecule has 2 aromatic rings. The van der Waals surface area contributed by atoms with Crippen LogP contribution < -0.4 is 5.32 Å². The smallest absolute Gasteiger partial charge is 0.317 e. The molecule has 3 amide bonds. The van der Waals surface area contributed by atoms with Crippen molar-refractivity contribution in [3.8, 4) is 0 Å². The molecule has 37 heavy (non-hydrogen) atoms. The Balaban J connectivity index is 1.28. The van der Waals surface area contributed by atoms with Crippen LogP contribution in [0.5, 0.6) is 0 Å². The lowest BCUT2D eigenvalue weighted by molar-refractivity contribution is -0.131. The highest BCUT2D eigenvalue weighted by atomic mass is 35.5. The third-order valence-electron chi connectivity index (χ3n) is 8.08. The van der Waals surface area contributed by atoms with Crippen LogP contribution in [0, 0.1) is 12.7 Å². The Labute approximate surface area is 227 Å². The van der Waals surface area contributed by atoms with Crippen molar-refractivity contribution in [2.24, 2.45) is 0 Å². The molecule has 198 valence electrons. The van der Waals surface area contributed by atoms with Crippen molar-refractivity contribution in [3.05, 3.63) is 69.0 Å². The number of fused-ring (bicyclic) bond motifs is 1. The summed E-state index contributed by atoms with van der Waals surface area (Å²) in [4.78, 5) is 32.0. The fraction of sp³-hybridized carbons (Fsp3) is 0.500. The maximum Gasteiger partial charge on any atom is 0.317 e. The van der Waals surface area contributed by atoms with E-state index in [1.54, 1.807) is 12.1 Å². The lowest BCUT2D eigenvalue weighted by Crippen LogP contribution is -2.57. The first-order valence-corrected chi connectivity index (χ1v) is 13.8. The van der Waals surface area contributed by atoms with E-state index in [1.807, 2.05) is 34.9 Å². The summed E-state index contributed by atoms with van der Waals surface area (Å²) in [5, 5.41) is 4.22. The van der Waals surface area contributed by atoms with Crippen molar-refractivity contribution in [1.29, 1.82) is 0 Å². The van der Waals surface area contributed by atoms with Gasteiger partial charge in [-0.25, -0.2) is 9.18 Å². The van der Waals surface area contributed by atoms with E-state index >= 15 is 0 Å². The van der Waals surface area contributed by atoms with Gasteiger partial charge in [0.25, 0.3) is 0 Å². The number of nitrogens with zero attached hydrogens (tertiary/aromatic N) is 3. The van der Waals surface area contributed by atoms with Crippen molar-refractivity contribution < 1.29 is 14.0 Å². The van der Waals surface area contributed by atoms with Crippen molar-refractivity contribution in [3.63, 3.8) is 0 Å². The average molecular weight is 548 g/mol. The molecular formula is C28H33Cl2FN4O2. The van der Waals surface area contributed by atoms with Crippen LogP contribution in [0.15, 0.2) is 36.4 Å². The lowest BCUT2D eigenvalue weighted by Gasteiger charge is -2.47. The molecular weight excluding hydrogens is 514 g/mol. The Hall–Kier alpha value is -2.35. The molecule has 3 aliphatic heterocycles. The molecule has 0 saturated carbocycles. The molecule has 3 aliphatic rings. The van der Waals surface area contributed by atoms with Crippen molar-refractivity contribution in [2.45, 2.75) is 57.2 Å². The predicted molar refractivity (Wildman–Crippen MR) is 143 cm³/mol. The number of amides is 3. The van der Waals surface area contributed by atoms with Crippen LogP contribution in [0.2, 0.25) is 10.0 Å². The second kappa shape index (κ2) is 11.2. The Morgan fingerprint density at radius 1 is 1.05 bits per heavy atom. The monoisotopic (exact) mass is 546 g/mol. The summed E-state index contributed by atoms with van der Waals surface area (Å²) in [6.07, 6.45) is 3.84. The van der Waals surface area contributed by atoms with E-state index in [2.05, 4.69) is 10.2 Å². The summed E-state index contributed by atoms with van der Waals surface area (Å²) < 4.78 is 13.9. The number of likely N-dealkylation sites (tertiary alicyclic amines) is 1. The largest absolute Gasteiger partial charge is 0.338 e. The van der Waals surface area contributed by atoms with E-state index in [4.69, 9.17) is 23.2 Å². The number of halogens is 3. The summed E-state index contributed by atoms with van der Waals surface area (Å²) in [6.45, 7) is 5.51. The summed E-state index contributed by atoms with van der Waals surface area (Å²) in [7, 11) is 0. The normalized spacial score (nSPS) is 24.3. The second-order valence-corrected chi connectivity index (χ2v) is 11.3. The molecule has 1 N–H and O–H groups in total. The average Bonchev–Trinajstić information content (AvgIpc) is 3.23. The van der Waals surface area contributed by atoms with Gasteiger partial charge in [-0.15, -0.1) is 0 Å². The highest BCUT2D eigenvalue weighted by Gasteiger charge is 2.41. The Bertz CT molecular complexity index is 1160. The van der Waals surface area contributed by atoms with Crippen LogP contribution in [0.3, 0.4) is 0 Å². The number of urea groups is 1. The van der Waals surface area contributed by atoms with Gasteiger partial charge in [-0.3, -0.25) is 9.69 Å². The number of piperazine rings is 1. The first-order chi connectivity index (χ1) is 17.8. The van der Waals surface area contributed by atoms with Crippen LogP contribution in [0.1, 0.15) is 48.4 Å². The van der Waals surface area contributed by atoms with E-state index in [9.17, 15) is 14.0 Å². The fourth-order valence-corrected chi connectivity index (χ4v) is 6.79. The van der Waals surface area contributed by atoms with Crippen LogP contribution in [-0.2, 0) is 11.2 Å². The predicted octanol–water partition coefficient (Wildman–Crippen LogP) is 5.21. The topological polar surface area (TPSA) is 55.9 Å². The van der Waals surface area contributed by atoms with Gasteiger partial charge in [0.2, 0.25) is 5.91 Å². The minimum Gasteiger partial charge on any atom is -0.338 e. The molecule has 3 heterocycles. The highest BCUT2D eigenvalue weighted by Crippen LogP contribution is 2.36. The van der Waals surface area contributed by atoms with E-state index in [1.165, 1.54) is 6.07 Å². The molecule has 3 saturated heterocycles. The van der Waals surface area contributed by atoms with Gasteiger partial charge in [0.15, 0.2) is 0 Å². The first-order valence-electron chi connectivity index (χ1n) is 13.1. The number of aryl methyl sites for hydroxylation is 1. The molecule has 0 bridgehead atoms. The SMILES string of the molecule is Cc1cc(F)ccc1[C@H]1C[C@@H](N2CCN3C(=O)CC[C@@H]3C2)CCN1C(=O)NCCc1cc(Cl)cc(Cl)c1. The van der Waals surface area contributed by atoms with Gasteiger partial charge in [-0.1, -0.05) is 29.3 Å². The van der Waals surface area contributed by atoms with E-state index in [-0.39, 0.29) is 23.8 Å². The van der Waals surface area contributed by atoms with Gasteiger partial charge >= 0.3 is 6.03 Å². The quantitative estimate of drug-likeness (QED) is 0.560. The molecule has 3 atom stereocenters. The zero-order valence-corrected chi connectivity index (χ0v) is 22.6. The highest BCUT2D eigenvalue weighted by molar-refractivity contribution is 6.34. The molecule has 0 spiro atoms. The van der Waals surface area contributed by atoms with Gasteiger partial charge in [0.1, 0.15) is 5.82 Å². The van der Waals surface area contributed by atoms with Gasteiger partial charge in [0, 0.05) is 61.3 Å². The number of rotatable bonds is 5. The van der Waals surface area contributed by atoms with E-state index in [0.717, 1.165) is 55.6 Å². The standard InChI is InChI=1S/C28H33Cl2FN4O2/c1-18-12-22(31)2-4-25(18)26-16-23(33-10-11-34-24(17-33)3-5-27(34)36)7-9-35(26)28(37)32-8-6-19-13-20(29)15-21(30)14-19/h2,4,12-15,23-24,26H,3,5-11,16-17H2,1H3,(H,32,37)/t23-,24+,26+/m0/s1. The maximum atomic E-state index is 13.9. The van der Waals surface area contributed by atoms with Crippen LogP contribution in [-0.4, -0.2) is 71.4 Å². The van der Waals surface area contributed by atoms with E-state index < -0.39 is 0 Å². The number of hydrogen-bond acceptors (Lipinski definition) is 3. The van der Waals surface area contributed by atoms with Crippen molar-refractivity contribution in [2.75, 3.05) is 32.7 Å². The minimum absolute atomic E-state index is 0.119. The molecule has 0 radical (unpaired) electrons. The number of carbonyl (C=O) groups is 2. The molecule has 0 aliphatic carbocycles. The lowest BCUT2D eigenvalue weighted by atomic mass is 9.88. The third kappa shape index (κ3) is 5.89. The zero-order chi connectivity index (χ0) is 26.1. The molecule has 0 aromatic heterocycles. The third-order valence-corrected chi connectivity index (χ3v) is 8.52. The van der Waals surface area contributed by atoms with Gasteiger partial charge < -0.3 is 15.1 Å². The zero-order valence-electron chi connectivity index (χ0n) is 21.1. The first kappa shape index (κ1) is 26.3. The molecule has 9 heteroatoms. The molecule has 0 unspecified atom stereocenters. The fourth-order valence-electron chi connectivity index (χ4n) is 6.22. The Morgan fingerprint density at radius 3 is 2.59 bits per heavy atom. The molecule has 5 rings (SSSR count). The van der Waals surface area contributed by atoms with Crippen LogP contribution in [0.4, 0.5) is 9.18 Å². The van der Waals surface area contributed by atoms with Crippen LogP contribution >= 0.6 is 23.2 Å². The number of hydrogen-bond donors (Lipinski definition) is 1. The molecule has 2 aromatic carbocycles. The minimum atomic E-state index is -0.271. The Morgan fingerprint density at radius 2 is 1.84 bits per heavy atom. The van der Waals surface area contributed by atoms with Gasteiger partial charge in [-0.2, -0.15) is 0 Å². The van der Waals surface area contributed by atoms with Gasteiger partial charge in [-0.05, 0) is 79.6 Å². The second-order valence-electron chi connectivity index (χ2n) is 10.4. The maximum absolute atomic E-state index is 13.9. The molecule has 6 nitrogen and oxygen atoms in total. The number of piperidine rings is 1. The summed E-state index contributed by atoms with van der Waals surface area (Å²) >= 11 is 12.2. The summed E-state index contributed by atoms with van der Waals surface area (Å²) in [5.41, 5.74) is 2.80. The van der Waals surface area contributed by atoms with Crippen molar-refractivity contribution in [1.82, 2.24) is 20.0 Å². The van der Waals surface area contributed by atoms with E-state index in [0.29, 0.717) is 48.1 Å². The van der Waals surface area contributed by atoms with Crippen molar-refractivity contribution >= 4 is 35.1 Å². The van der Waals surface area contributed by atoms with Gasteiger partial charge in [0.05, 0.1) is 6.04 Å². The number of benzene rings is 2. The number of carbonyl (C=O) groups excluding carboxylic acids is 2. The summed E-state index contributed by atoms with van der Waals surface area (Å²) in [5.74, 6) is 0.00261.